The van der Waals surface area contributed by atoms with E-state index in [1.807, 2.05) is 13.8 Å². The molecule has 0 heterocycles. The van der Waals surface area contributed by atoms with Crippen LogP contribution in [-0.2, 0) is 9.53 Å². The molecule has 0 radical (unpaired) electrons. The van der Waals surface area contributed by atoms with Crippen molar-refractivity contribution in [2.75, 3.05) is 6.61 Å². The van der Waals surface area contributed by atoms with Gasteiger partial charge in [0.25, 0.3) is 0 Å². The summed E-state index contributed by atoms with van der Waals surface area (Å²) in [5.74, 6) is 0.467. The standard InChI is InChI=1S/C11H20O2/c1-5-13-11(12)8-10(4)7-6-9(2)3/h8-9H,5-7H2,1-4H3/b10-8+. The average molecular weight is 184 g/mol. The first-order valence-electron chi connectivity index (χ1n) is 4.90. The minimum atomic E-state index is -0.219. The fourth-order valence-corrected chi connectivity index (χ4v) is 0.974. The predicted octanol–water partition coefficient (Wildman–Crippen LogP) is 2.93. The Balaban J connectivity index is 3.80. The highest BCUT2D eigenvalue weighted by atomic mass is 16.5. The van der Waals surface area contributed by atoms with E-state index in [-0.39, 0.29) is 5.97 Å². The molecule has 0 unspecified atom stereocenters. The van der Waals surface area contributed by atoms with Crippen LogP contribution < -0.4 is 0 Å². The van der Waals surface area contributed by atoms with Gasteiger partial charge in [0.05, 0.1) is 6.61 Å². The van der Waals surface area contributed by atoms with E-state index in [1.54, 1.807) is 6.08 Å². The Bertz CT molecular complexity index is 181. The van der Waals surface area contributed by atoms with Crippen LogP contribution in [0.1, 0.15) is 40.5 Å². The summed E-state index contributed by atoms with van der Waals surface area (Å²) in [6, 6.07) is 0. The molecule has 0 fully saturated rings. The number of esters is 1. The molecular formula is C11H20O2. The lowest BCUT2D eigenvalue weighted by molar-refractivity contribution is -0.137. The van der Waals surface area contributed by atoms with E-state index in [9.17, 15) is 4.79 Å². The van der Waals surface area contributed by atoms with Gasteiger partial charge in [-0.15, -0.1) is 0 Å². The molecule has 0 atom stereocenters. The maximum absolute atomic E-state index is 11.0. The summed E-state index contributed by atoms with van der Waals surface area (Å²) in [6.07, 6.45) is 3.70. The summed E-state index contributed by atoms with van der Waals surface area (Å²) >= 11 is 0. The van der Waals surface area contributed by atoms with Crippen LogP contribution in [0.4, 0.5) is 0 Å². The van der Waals surface area contributed by atoms with Crippen LogP contribution in [0, 0.1) is 5.92 Å². The normalized spacial score (nSPS) is 11.9. The molecule has 0 aliphatic carbocycles. The van der Waals surface area contributed by atoms with Crippen LogP contribution in [0.25, 0.3) is 0 Å². The number of hydrogen-bond donors (Lipinski definition) is 0. The van der Waals surface area contributed by atoms with Crippen LogP contribution in [-0.4, -0.2) is 12.6 Å². The largest absolute Gasteiger partial charge is 0.463 e. The molecule has 76 valence electrons. The maximum Gasteiger partial charge on any atom is 0.330 e. The van der Waals surface area contributed by atoms with Gasteiger partial charge in [-0.3, -0.25) is 0 Å². The molecule has 0 saturated carbocycles. The number of rotatable bonds is 5. The van der Waals surface area contributed by atoms with Gasteiger partial charge in [-0.25, -0.2) is 4.79 Å². The average Bonchev–Trinajstić information content (AvgIpc) is 2.01. The number of hydrogen-bond acceptors (Lipinski definition) is 2. The Morgan fingerprint density at radius 1 is 1.46 bits per heavy atom. The molecule has 0 aromatic carbocycles. The third kappa shape index (κ3) is 7.57. The smallest absolute Gasteiger partial charge is 0.330 e. The lowest BCUT2D eigenvalue weighted by Gasteiger charge is -2.04. The summed E-state index contributed by atoms with van der Waals surface area (Å²) in [6.45, 7) is 8.59. The zero-order valence-corrected chi connectivity index (χ0v) is 9.09. The van der Waals surface area contributed by atoms with Crippen LogP contribution in [0.3, 0.4) is 0 Å². The summed E-state index contributed by atoms with van der Waals surface area (Å²) in [5, 5.41) is 0. The quantitative estimate of drug-likeness (QED) is 0.485. The lowest BCUT2D eigenvalue weighted by atomic mass is 10.0. The molecule has 0 aromatic rings. The highest BCUT2D eigenvalue weighted by Gasteiger charge is 1.99. The Labute approximate surface area is 81.0 Å². The van der Waals surface area contributed by atoms with Crippen molar-refractivity contribution in [2.24, 2.45) is 5.92 Å². The molecule has 2 heteroatoms. The first kappa shape index (κ1) is 12.2. The predicted molar refractivity (Wildman–Crippen MR) is 54.5 cm³/mol. The van der Waals surface area contributed by atoms with Gasteiger partial charge in [0, 0.05) is 6.08 Å². The molecule has 0 rings (SSSR count). The van der Waals surface area contributed by atoms with E-state index < -0.39 is 0 Å². The molecule has 13 heavy (non-hydrogen) atoms. The zero-order chi connectivity index (χ0) is 10.3. The van der Waals surface area contributed by atoms with Crippen molar-refractivity contribution >= 4 is 5.97 Å². The van der Waals surface area contributed by atoms with Gasteiger partial charge in [0.2, 0.25) is 0 Å². The Hall–Kier alpha value is -0.790. The van der Waals surface area contributed by atoms with Crippen LogP contribution in [0.5, 0.6) is 0 Å². The molecule has 0 bridgehead atoms. The lowest BCUT2D eigenvalue weighted by Crippen LogP contribution is -2.00. The van der Waals surface area contributed by atoms with Crippen molar-refractivity contribution in [1.29, 1.82) is 0 Å². The third-order valence-corrected chi connectivity index (χ3v) is 1.77. The van der Waals surface area contributed by atoms with E-state index in [4.69, 9.17) is 4.74 Å². The van der Waals surface area contributed by atoms with Gasteiger partial charge in [0.1, 0.15) is 0 Å². The van der Waals surface area contributed by atoms with Crippen molar-refractivity contribution in [3.05, 3.63) is 11.6 Å². The molecule has 0 N–H and O–H groups in total. The number of ether oxygens (including phenoxy) is 1. The summed E-state index contributed by atoms with van der Waals surface area (Å²) in [7, 11) is 0. The summed E-state index contributed by atoms with van der Waals surface area (Å²) < 4.78 is 4.80. The Kier molecular flexibility index (Phi) is 6.29. The molecule has 0 saturated heterocycles. The highest BCUT2D eigenvalue weighted by molar-refractivity contribution is 5.82. The van der Waals surface area contributed by atoms with Crippen molar-refractivity contribution in [2.45, 2.75) is 40.5 Å². The van der Waals surface area contributed by atoms with E-state index in [0.717, 1.165) is 18.4 Å². The summed E-state index contributed by atoms with van der Waals surface area (Å²) in [4.78, 5) is 11.0. The SMILES string of the molecule is CCOC(=O)/C=C(\C)CCC(C)C. The molecule has 0 spiro atoms. The monoisotopic (exact) mass is 184 g/mol. The Morgan fingerprint density at radius 2 is 2.08 bits per heavy atom. The fourth-order valence-electron chi connectivity index (χ4n) is 0.974. The molecule has 0 aromatic heterocycles. The number of allylic oxidation sites excluding steroid dienone is 1. The van der Waals surface area contributed by atoms with Gasteiger partial charge >= 0.3 is 5.97 Å². The van der Waals surface area contributed by atoms with E-state index >= 15 is 0 Å². The van der Waals surface area contributed by atoms with Crippen molar-refractivity contribution in [3.63, 3.8) is 0 Å². The van der Waals surface area contributed by atoms with Crippen molar-refractivity contribution in [1.82, 2.24) is 0 Å². The topological polar surface area (TPSA) is 26.3 Å². The first-order valence-corrected chi connectivity index (χ1v) is 4.90. The van der Waals surface area contributed by atoms with Crippen LogP contribution in [0.15, 0.2) is 11.6 Å². The third-order valence-electron chi connectivity index (χ3n) is 1.77. The summed E-state index contributed by atoms with van der Waals surface area (Å²) in [5.41, 5.74) is 1.10. The van der Waals surface area contributed by atoms with E-state index in [0.29, 0.717) is 12.5 Å². The van der Waals surface area contributed by atoms with Gasteiger partial charge in [-0.2, -0.15) is 0 Å². The maximum atomic E-state index is 11.0. The van der Waals surface area contributed by atoms with Gasteiger partial charge in [0.15, 0.2) is 0 Å². The van der Waals surface area contributed by atoms with Gasteiger partial charge in [-0.05, 0) is 32.6 Å². The second kappa shape index (κ2) is 6.70. The Morgan fingerprint density at radius 3 is 2.54 bits per heavy atom. The highest BCUT2D eigenvalue weighted by Crippen LogP contribution is 2.10. The fraction of sp³-hybridized carbons (Fsp3) is 0.727. The molecule has 0 aliphatic heterocycles. The zero-order valence-electron chi connectivity index (χ0n) is 9.09. The second-order valence-electron chi connectivity index (χ2n) is 3.68. The van der Waals surface area contributed by atoms with E-state index in [1.165, 1.54) is 0 Å². The minimum Gasteiger partial charge on any atom is -0.463 e. The van der Waals surface area contributed by atoms with Gasteiger partial charge < -0.3 is 4.74 Å². The number of carbonyl (C=O) groups is 1. The van der Waals surface area contributed by atoms with Crippen molar-refractivity contribution < 1.29 is 9.53 Å². The molecule has 0 amide bonds. The minimum absolute atomic E-state index is 0.219. The van der Waals surface area contributed by atoms with Crippen LogP contribution in [0.2, 0.25) is 0 Å². The second-order valence-corrected chi connectivity index (χ2v) is 3.68. The van der Waals surface area contributed by atoms with Crippen LogP contribution >= 0.6 is 0 Å². The molecular weight excluding hydrogens is 164 g/mol. The van der Waals surface area contributed by atoms with Gasteiger partial charge in [-0.1, -0.05) is 19.4 Å². The van der Waals surface area contributed by atoms with Crippen molar-refractivity contribution in [3.8, 4) is 0 Å². The van der Waals surface area contributed by atoms with E-state index in [2.05, 4.69) is 13.8 Å². The first-order chi connectivity index (χ1) is 6.06. The number of carbonyl (C=O) groups excluding carboxylic acids is 1. The molecule has 0 aliphatic rings. The molecule has 2 nitrogen and oxygen atoms in total.